The van der Waals surface area contributed by atoms with E-state index in [0.29, 0.717) is 0 Å². The minimum atomic E-state index is -0.184. The third kappa shape index (κ3) is 5.46. The lowest BCUT2D eigenvalue weighted by molar-refractivity contribution is 0.661. The highest BCUT2D eigenvalue weighted by molar-refractivity contribution is 6.16. The van der Waals surface area contributed by atoms with Crippen LogP contribution in [0, 0.1) is 0 Å². The second-order valence-electron chi connectivity index (χ2n) is 16.1. The Labute approximate surface area is 340 Å². The molecule has 0 aliphatic heterocycles. The molecule has 0 bridgehead atoms. The predicted octanol–water partition coefficient (Wildman–Crippen LogP) is 15.9. The van der Waals surface area contributed by atoms with Gasteiger partial charge in [0.1, 0.15) is 0 Å². The molecule has 0 radical (unpaired) electrons. The predicted molar refractivity (Wildman–Crippen MR) is 248 cm³/mol. The summed E-state index contributed by atoms with van der Waals surface area (Å²) in [6.45, 7) is 4.77. The largest absolute Gasteiger partial charge is 0.310 e. The summed E-state index contributed by atoms with van der Waals surface area (Å²) in [6, 6.07) is 78.3. The molecular weight excluding hydrogens is 699 g/mol. The first-order valence-electron chi connectivity index (χ1n) is 20.3. The van der Waals surface area contributed by atoms with Gasteiger partial charge in [-0.1, -0.05) is 178 Å². The molecule has 0 atom stereocenters. The van der Waals surface area contributed by atoms with Crippen molar-refractivity contribution in [2.75, 3.05) is 4.90 Å². The summed E-state index contributed by atoms with van der Waals surface area (Å²) >= 11 is 0. The molecule has 0 heterocycles. The van der Waals surface area contributed by atoms with Crippen LogP contribution < -0.4 is 4.90 Å². The monoisotopic (exact) mass is 739 g/mol. The first kappa shape index (κ1) is 34.1. The second-order valence-corrected chi connectivity index (χ2v) is 16.1. The molecular formula is C57H41N. The van der Waals surface area contributed by atoms with Gasteiger partial charge in [-0.25, -0.2) is 0 Å². The summed E-state index contributed by atoms with van der Waals surface area (Å²) in [6.07, 6.45) is 0. The summed E-state index contributed by atoms with van der Waals surface area (Å²) in [5.74, 6) is 0. The Kier molecular flexibility index (Phi) is 7.91. The van der Waals surface area contributed by atoms with Crippen molar-refractivity contribution in [2.45, 2.75) is 19.3 Å². The number of rotatable bonds is 6. The fourth-order valence-electron chi connectivity index (χ4n) is 9.54. The second kappa shape index (κ2) is 13.5. The van der Waals surface area contributed by atoms with Crippen molar-refractivity contribution >= 4 is 49.4 Å². The maximum atomic E-state index is 2.50. The van der Waals surface area contributed by atoms with Gasteiger partial charge in [0.2, 0.25) is 0 Å². The molecule has 0 unspecified atom stereocenters. The molecule has 1 nitrogen and oxygen atoms in total. The van der Waals surface area contributed by atoms with Crippen molar-refractivity contribution in [2.24, 2.45) is 0 Å². The van der Waals surface area contributed by atoms with Crippen molar-refractivity contribution in [1.82, 2.24) is 0 Å². The van der Waals surface area contributed by atoms with Crippen molar-refractivity contribution in [3.05, 3.63) is 223 Å². The Balaban J connectivity index is 1.19. The zero-order valence-corrected chi connectivity index (χ0v) is 32.7. The molecule has 11 rings (SSSR count). The maximum absolute atomic E-state index is 2.50. The van der Waals surface area contributed by atoms with Crippen LogP contribution >= 0.6 is 0 Å². The number of fused-ring (bicyclic) bond motifs is 7. The van der Waals surface area contributed by atoms with Crippen LogP contribution in [0.5, 0.6) is 0 Å². The Morgan fingerprint density at radius 3 is 1.62 bits per heavy atom. The topological polar surface area (TPSA) is 3.24 Å². The molecule has 0 aromatic heterocycles. The minimum absolute atomic E-state index is 0.184. The number of anilines is 3. The van der Waals surface area contributed by atoms with Crippen LogP contribution in [0.2, 0.25) is 0 Å². The van der Waals surface area contributed by atoms with Gasteiger partial charge >= 0.3 is 0 Å². The molecule has 0 spiro atoms. The summed E-state index contributed by atoms with van der Waals surface area (Å²) in [5, 5.41) is 7.55. The van der Waals surface area contributed by atoms with Crippen LogP contribution in [-0.2, 0) is 5.41 Å². The number of benzene rings is 10. The average Bonchev–Trinajstić information content (AvgIpc) is 3.50. The van der Waals surface area contributed by atoms with Gasteiger partial charge in [0.25, 0.3) is 0 Å². The van der Waals surface area contributed by atoms with Crippen molar-refractivity contribution in [3.8, 4) is 44.5 Å². The SMILES string of the molecule is CC1(C)c2cc(N(c3ccc(-c4ccccc4)cc3)c3cccc(-c4ccccc4)c3-c3cc4ccccc4c4ccccc34)ccc2-c2cc3ccccc3cc21. The summed E-state index contributed by atoms with van der Waals surface area (Å²) in [5.41, 5.74) is 15.8. The summed E-state index contributed by atoms with van der Waals surface area (Å²) < 4.78 is 0. The van der Waals surface area contributed by atoms with E-state index in [9.17, 15) is 0 Å². The highest BCUT2D eigenvalue weighted by atomic mass is 15.1. The van der Waals surface area contributed by atoms with Crippen molar-refractivity contribution in [3.63, 3.8) is 0 Å². The van der Waals surface area contributed by atoms with E-state index < -0.39 is 0 Å². The van der Waals surface area contributed by atoms with Gasteiger partial charge in [0.15, 0.2) is 0 Å². The third-order valence-corrected chi connectivity index (χ3v) is 12.4. The Morgan fingerprint density at radius 1 is 0.328 bits per heavy atom. The van der Waals surface area contributed by atoms with Gasteiger partial charge in [0, 0.05) is 22.4 Å². The Hall–Kier alpha value is -7.22. The van der Waals surface area contributed by atoms with E-state index in [1.807, 2.05) is 0 Å². The fourth-order valence-corrected chi connectivity index (χ4v) is 9.54. The van der Waals surface area contributed by atoms with E-state index in [0.717, 1.165) is 17.1 Å². The van der Waals surface area contributed by atoms with Gasteiger partial charge in [-0.15, -0.1) is 0 Å². The van der Waals surface area contributed by atoms with E-state index in [1.54, 1.807) is 0 Å². The molecule has 10 aromatic carbocycles. The lowest BCUT2D eigenvalue weighted by Gasteiger charge is -2.31. The van der Waals surface area contributed by atoms with Crippen LogP contribution in [0.25, 0.3) is 76.8 Å². The van der Waals surface area contributed by atoms with Crippen LogP contribution in [0.1, 0.15) is 25.0 Å². The molecule has 1 aliphatic carbocycles. The van der Waals surface area contributed by atoms with E-state index in [1.165, 1.54) is 88.0 Å². The van der Waals surface area contributed by atoms with E-state index in [2.05, 4.69) is 231 Å². The highest BCUT2D eigenvalue weighted by Gasteiger charge is 2.36. The number of hydrogen-bond donors (Lipinski definition) is 0. The summed E-state index contributed by atoms with van der Waals surface area (Å²) in [7, 11) is 0. The zero-order chi connectivity index (χ0) is 38.8. The van der Waals surface area contributed by atoms with E-state index >= 15 is 0 Å². The lowest BCUT2D eigenvalue weighted by atomic mass is 9.81. The molecule has 274 valence electrons. The molecule has 0 fully saturated rings. The first-order chi connectivity index (χ1) is 28.5. The first-order valence-corrected chi connectivity index (χ1v) is 20.3. The lowest BCUT2D eigenvalue weighted by Crippen LogP contribution is -2.17. The zero-order valence-electron chi connectivity index (χ0n) is 32.7. The number of nitrogens with zero attached hydrogens (tertiary/aromatic N) is 1. The average molecular weight is 740 g/mol. The van der Waals surface area contributed by atoms with E-state index in [-0.39, 0.29) is 5.41 Å². The van der Waals surface area contributed by atoms with Crippen LogP contribution in [0.3, 0.4) is 0 Å². The quantitative estimate of drug-likeness (QED) is 0.154. The Morgan fingerprint density at radius 2 is 0.879 bits per heavy atom. The molecule has 0 amide bonds. The molecule has 1 heteroatoms. The van der Waals surface area contributed by atoms with E-state index in [4.69, 9.17) is 0 Å². The molecule has 10 aromatic rings. The van der Waals surface area contributed by atoms with Crippen molar-refractivity contribution in [1.29, 1.82) is 0 Å². The van der Waals surface area contributed by atoms with Gasteiger partial charge in [0.05, 0.1) is 5.69 Å². The maximum Gasteiger partial charge on any atom is 0.0546 e. The fraction of sp³-hybridized carbons (Fsp3) is 0.0526. The van der Waals surface area contributed by atoms with Crippen molar-refractivity contribution < 1.29 is 0 Å². The van der Waals surface area contributed by atoms with Gasteiger partial charge in [-0.05, 0) is 131 Å². The normalized spacial score (nSPS) is 12.8. The van der Waals surface area contributed by atoms with Gasteiger partial charge in [-0.2, -0.15) is 0 Å². The summed E-state index contributed by atoms with van der Waals surface area (Å²) in [4.78, 5) is 2.50. The van der Waals surface area contributed by atoms with Crippen LogP contribution in [-0.4, -0.2) is 0 Å². The van der Waals surface area contributed by atoms with Gasteiger partial charge < -0.3 is 4.90 Å². The molecule has 0 saturated heterocycles. The third-order valence-electron chi connectivity index (χ3n) is 12.4. The Bertz CT molecular complexity index is 3180. The number of hydrogen-bond acceptors (Lipinski definition) is 1. The molecule has 0 N–H and O–H groups in total. The molecule has 58 heavy (non-hydrogen) atoms. The van der Waals surface area contributed by atoms with Gasteiger partial charge in [-0.3, -0.25) is 0 Å². The highest BCUT2D eigenvalue weighted by Crippen LogP contribution is 2.53. The van der Waals surface area contributed by atoms with Crippen LogP contribution in [0.4, 0.5) is 17.1 Å². The molecule has 0 saturated carbocycles. The van der Waals surface area contributed by atoms with Crippen LogP contribution in [0.15, 0.2) is 212 Å². The minimum Gasteiger partial charge on any atom is -0.310 e. The smallest absolute Gasteiger partial charge is 0.0546 e. The molecule has 1 aliphatic rings. The standard InChI is InChI=1S/C57H41N/c1-57(2)53-36-42-21-10-9-20-41(42)34-51(53)50-33-32-45(37-54(50)57)58(44-30-28-39(29-31-44)38-16-5-3-6-17-38)55-27-15-26-47(40-18-7-4-8-19-40)56(55)52-35-43-22-11-12-23-46(43)48-24-13-14-25-49(48)52/h3-37H,1-2H3.